The zero-order valence-corrected chi connectivity index (χ0v) is 12.0. The molecule has 2 amide bonds. The molecular formula is C15H22N4O. The molecule has 2 fully saturated rings. The number of hydrogen-bond donors (Lipinski definition) is 1. The molecule has 3 rings (SSSR count). The number of benzene rings is 1. The number of piperazine rings is 1. The topological polar surface area (TPSA) is 38.8 Å². The number of nitrogens with zero attached hydrogens (tertiary/aromatic N) is 3. The van der Waals surface area contributed by atoms with E-state index in [0.717, 1.165) is 39.3 Å². The van der Waals surface area contributed by atoms with Gasteiger partial charge in [-0.25, -0.2) is 4.79 Å². The van der Waals surface area contributed by atoms with Gasteiger partial charge in [0, 0.05) is 51.5 Å². The van der Waals surface area contributed by atoms with Crippen molar-refractivity contribution in [3.8, 4) is 0 Å². The van der Waals surface area contributed by atoms with Crippen LogP contribution in [0.2, 0.25) is 0 Å². The molecule has 1 aromatic rings. The van der Waals surface area contributed by atoms with Crippen LogP contribution in [0, 0.1) is 0 Å². The van der Waals surface area contributed by atoms with Gasteiger partial charge in [-0.15, -0.1) is 0 Å². The van der Waals surface area contributed by atoms with Crippen molar-refractivity contribution in [1.82, 2.24) is 15.1 Å². The highest BCUT2D eigenvalue weighted by Gasteiger charge is 2.22. The first-order valence-electron chi connectivity index (χ1n) is 7.28. The normalized spacial score (nSPS) is 20.4. The fraction of sp³-hybridized carbons (Fsp3) is 0.533. The first-order chi connectivity index (χ1) is 9.74. The quantitative estimate of drug-likeness (QED) is 0.892. The van der Waals surface area contributed by atoms with Crippen LogP contribution in [0.1, 0.15) is 5.56 Å². The second-order valence-electron chi connectivity index (χ2n) is 5.57. The number of urea groups is 1. The highest BCUT2D eigenvalue weighted by Crippen LogP contribution is 2.23. The molecule has 2 saturated heterocycles. The van der Waals surface area contributed by atoms with Crippen LogP contribution in [0.4, 0.5) is 10.5 Å². The second kappa shape index (κ2) is 5.71. The molecule has 0 saturated carbocycles. The van der Waals surface area contributed by atoms with E-state index in [2.05, 4.69) is 46.4 Å². The zero-order chi connectivity index (χ0) is 13.9. The summed E-state index contributed by atoms with van der Waals surface area (Å²) in [5.41, 5.74) is 2.52. The summed E-state index contributed by atoms with van der Waals surface area (Å²) >= 11 is 0. The summed E-state index contributed by atoms with van der Waals surface area (Å²) in [6, 6.07) is 8.51. The van der Waals surface area contributed by atoms with E-state index in [-0.39, 0.29) is 6.03 Å². The number of para-hydroxylation sites is 1. The molecule has 0 spiro atoms. The third-order valence-electron chi connectivity index (χ3n) is 4.14. The molecule has 2 heterocycles. The molecule has 0 bridgehead atoms. The lowest BCUT2D eigenvalue weighted by Gasteiger charge is -2.35. The monoisotopic (exact) mass is 274 g/mol. The first kappa shape index (κ1) is 13.2. The SMILES string of the molecule is CN1CCN(c2ccccc2CN2CCNC2=O)CC1. The maximum atomic E-state index is 11.7. The molecule has 1 aromatic carbocycles. The van der Waals surface area contributed by atoms with Crippen molar-refractivity contribution in [2.24, 2.45) is 0 Å². The Morgan fingerprint density at radius 2 is 1.85 bits per heavy atom. The average Bonchev–Trinajstić information content (AvgIpc) is 2.86. The minimum Gasteiger partial charge on any atom is -0.369 e. The number of likely N-dealkylation sites (N-methyl/N-ethyl adjacent to an activating group) is 1. The van der Waals surface area contributed by atoms with Crippen molar-refractivity contribution in [1.29, 1.82) is 0 Å². The van der Waals surface area contributed by atoms with Crippen molar-refractivity contribution < 1.29 is 4.79 Å². The van der Waals surface area contributed by atoms with E-state index in [1.807, 2.05) is 4.90 Å². The fourth-order valence-electron chi connectivity index (χ4n) is 2.87. The summed E-state index contributed by atoms with van der Waals surface area (Å²) in [5.74, 6) is 0. The minimum atomic E-state index is 0.0539. The van der Waals surface area contributed by atoms with E-state index in [1.54, 1.807) is 0 Å². The van der Waals surface area contributed by atoms with Crippen LogP contribution in [-0.2, 0) is 6.54 Å². The Bertz CT molecular complexity index is 483. The van der Waals surface area contributed by atoms with Crippen LogP contribution >= 0.6 is 0 Å². The number of nitrogens with one attached hydrogen (secondary N) is 1. The molecule has 1 N–H and O–H groups in total. The number of rotatable bonds is 3. The molecule has 5 nitrogen and oxygen atoms in total. The lowest BCUT2D eigenvalue weighted by molar-refractivity contribution is 0.215. The second-order valence-corrected chi connectivity index (χ2v) is 5.57. The summed E-state index contributed by atoms with van der Waals surface area (Å²) in [6.45, 7) is 6.57. The Morgan fingerprint density at radius 3 is 2.55 bits per heavy atom. The van der Waals surface area contributed by atoms with Crippen LogP contribution in [-0.4, -0.2) is 62.1 Å². The standard InChI is InChI=1S/C15H22N4O/c1-17-8-10-18(11-9-17)14-5-3-2-4-13(14)12-19-7-6-16-15(19)20/h2-5H,6-12H2,1H3,(H,16,20). The number of carbonyl (C=O) groups is 1. The molecule has 5 heteroatoms. The fourth-order valence-corrected chi connectivity index (χ4v) is 2.87. The van der Waals surface area contributed by atoms with Crippen LogP contribution in [0.15, 0.2) is 24.3 Å². The van der Waals surface area contributed by atoms with E-state index >= 15 is 0 Å². The van der Waals surface area contributed by atoms with Crippen molar-refractivity contribution in [3.05, 3.63) is 29.8 Å². The Kier molecular flexibility index (Phi) is 3.78. The molecule has 0 radical (unpaired) electrons. The predicted octanol–water partition coefficient (Wildman–Crippen LogP) is 0.964. The van der Waals surface area contributed by atoms with Crippen molar-refractivity contribution in [2.75, 3.05) is 51.2 Å². The third kappa shape index (κ3) is 2.72. The maximum absolute atomic E-state index is 11.7. The lowest BCUT2D eigenvalue weighted by Crippen LogP contribution is -2.45. The van der Waals surface area contributed by atoms with Crippen molar-refractivity contribution >= 4 is 11.7 Å². The highest BCUT2D eigenvalue weighted by molar-refractivity contribution is 5.76. The van der Waals surface area contributed by atoms with Crippen LogP contribution in [0.3, 0.4) is 0 Å². The molecule has 108 valence electrons. The summed E-state index contributed by atoms with van der Waals surface area (Å²) in [6.07, 6.45) is 0. The molecule has 0 unspecified atom stereocenters. The van der Waals surface area contributed by atoms with E-state index < -0.39 is 0 Å². The van der Waals surface area contributed by atoms with Gasteiger partial charge in [0.25, 0.3) is 0 Å². The van der Waals surface area contributed by atoms with Gasteiger partial charge in [0.15, 0.2) is 0 Å². The molecule has 2 aliphatic heterocycles. The van der Waals surface area contributed by atoms with Gasteiger partial charge in [0.05, 0.1) is 0 Å². The molecule has 2 aliphatic rings. The molecule has 0 aromatic heterocycles. The number of carbonyl (C=O) groups excluding carboxylic acids is 1. The molecule has 0 aliphatic carbocycles. The Labute approximate surface area is 120 Å². The summed E-state index contributed by atoms with van der Waals surface area (Å²) < 4.78 is 0. The molecule has 20 heavy (non-hydrogen) atoms. The van der Waals surface area contributed by atoms with Crippen LogP contribution < -0.4 is 10.2 Å². The van der Waals surface area contributed by atoms with Gasteiger partial charge in [-0.3, -0.25) is 0 Å². The van der Waals surface area contributed by atoms with E-state index in [9.17, 15) is 4.79 Å². The predicted molar refractivity (Wildman–Crippen MR) is 80.0 cm³/mol. The largest absolute Gasteiger partial charge is 0.369 e. The molecular weight excluding hydrogens is 252 g/mol. The van der Waals surface area contributed by atoms with E-state index in [1.165, 1.54) is 11.3 Å². The average molecular weight is 274 g/mol. The Morgan fingerprint density at radius 1 is 1.10 bits per heavy atom. The number of hydrogen-bond acceptors (Lipinski definition) is 3. The smallest absolute Gasteiger partial charge is 0.317 e. The summed E-state index contributed by atoms with van der Waals surface area (Å²) in [4.78, 5) is 18.4. The van der Waals surface area contributed by atoms with Gasteiger partial charge in [-0.2, -0.15) is 0 Å². The minimum absolute atomic E-state index is 0.0539. The van der Waals surface area contributed by atoms with Crippen molar-refractivity contribution in [3.63, 3.8) is 0 Å². The van der Waals surface area contributed by atoms with E-state index in [4.69, 9.17) is 0 Å². The van der Waals surface area contributed by atoms with Crippen LogP contribution in [0.25, 0.3) is 0 Å². The maximum Gasteiger partial charge on any atom is 0.317 e. The van der Waals surface area contributed by atoms with Gasteiger partial charge in [0.2, 0.25) is 0 Å². The Balaban J connectivity index is 1.76. The summed E-state index contributed by atoms with van der Waals surface area (Å²) in [7, 11) is 2.16. The van der Waals surface area contributed by atoms with Gasteiger partial charge >= 0.3 is 6.03 Å². The third-order valence-corrected chi connectivity index (χ3v) is 4.14. The first-order valence-corrected chi connectivity index (χ1v) is 7.28. The van der Waals surface area contributed by atoms with Crippen molar-refractivity contribution in [2.45, 2.75) is 6.54 Å². The number of anilines is 1. The van der Waals surface area contributed by atoms with Gasteiger partial charge < -0.3 is 20.0 Å². The Hall–Kier alpha value is -1.75. The van der Waals surface area contributed by atoms with Crippen LogP contribution in [0.5, 0.6) is 0 Å². The summed E-state index contributed by atoms with van der Waals surface area (Å²) in [5, 5.41) is 2.86. The van der Waals surface area contributed by atoms with Gasteiger partial charge in [-0.05, 0) is 18.7 Å². The highest BCUT2D eigenvalue weighted by atomic mass is 16.2. The van der Waals surface area contributed by atoms with Gasteiger partial charge in [0.1, 0.15) is 0 Å². The van der Waals surface area contributed by atoms with E-state index in [0.29, 0.717) is 6.54 Å². The lowest BCUT2D eigenvalue weighted by atomic mass is 10.1. The molecule has 0 atom stereocenters. The number of amides is 2. The van der Waals surface area contributed by atoms with Gasteiger partial charge in [-0.1, -0.05) is 18.2 Å². The zero-order valence-electron chi connectivity index (χ0n) is 12.0.